The lowest BCUT2D eigenvalue weighted by atomic mass is 9.88. The number of rotatable bonds is 4. The summed E-state index contributed by atoms with van der Waals surface area (Å²) in [5, 5.41) is 0. The first kappa shape index (κ1) is 17.9. The van der Waals surface area contributed by atoms with Crippen molar-refractivity contribution in [2.75, 3.05) is 38.2 Å². The Morgan fingerprint density at radius 3 is 2.76 bits per heavy atom. The van der Waals surface area contributed by atoms with E-state index < -0.39 is 0 Å². The van der Waals surface area contributed by atoms with Gasteiger partial charge in [-0.1, -0.05) is 6.92 Å². The van der Waals surface area contributed by atoms with Crippen molar-refractivity contribution in [3.8, 4) is 5.88 Å². The van der Waals surface area contributed by atoms with E-state index in [1.807, 2.05) is 0 Å². The highest BCUT2D eigenvalue weighted by Gasteiger charge is 2.35. The molecule has 2 fully saturated rings. The first-order valence-corrected chi connectivity index (χ1v) is 9.26. The number of hydrogen-bond acceptors (Lipinski definition) is 6. The largest absolute Gasteiger partial charge is 0.481 e. The van der Waals surface area contributed by atoms with Crippen LogP contribution in [0.3, 0.4) is 0 Å². The molecule has 2 atom stereocenters. The molecule has 1 amide bonds. The molecule has 0 unspecified atom stereocenters. The SMILES string of the molecule is COc1ccnc(N2CCC(C(=O)N3CCC[C@@H](C)[C@H]3CN)CC2)n1. The number of ether oxygens (including phenoxy) is 1. The molecule has 2 aliphatic rings. The molecule has 138 valence electrons. The van der Waals surface area contributed by atoms with E-state index in [9.17, 15) is 4.79 Å². The van der Waals surface area contributed by atoms with Crippen molar-refractivity contribution in [2.24, 2.45) is 17.6 Å². The molecule has 2 N–H and O–H groups in total. The van der Waals surface area contributed by atoms with Crippen LogP contribution in [0.25, 0.3) is 0 Å². The van der Waals surface area contributed by atoms with Gasteiger partial charge in [0.1, 0.15) is 0 Å². The van der Waals surface area contributed by atoms with Gasteiger partial charge in [0.05, 0.1) is 7.11 Å². The normalized spacial score (nSPS) is 25.1. The van der Waals surface area contributed by atoms with Crippen LogP contribution in [0.15, 0.2) is 12.3 Å². The Labute approximate surface area is 149 Å². The summed E-state index contributed by atoms with van der Waals surface area (Å²) in [5.41, 5.74) is 5.95. The van der Waals surface area contributed by atoms with Crippen molar-refractivity contribution in [1.82, 2.24) is 14.9 Å². The average Bonchev–Trinajstić information content (AvgIpc) is 2.67. The summed E-state index contributed by atoms with van der Waals surface area (Å²) in [4.78, 5) is 25.9. The maximum atomic E-state index is 13.0. The standard InChI is InChI=1S/C18H29N5O2/c1-13-4-3-9-23(15(13)12-19)17(24)14-6-10-22(11-7-14)18-20-8-5-16(21-18)25-2/h5,8,13-15H,3-4,6-7,9-12,19H2,1-2H3/t13-,15-/m1/s1. The summed E-state index contributed by atoms with van der Waals surface area (Å²) in [5.74, 6) is 2.11. The number of carbonyl (C=O) groups excluding carboxylic acids is 1. The van der Waals surface area contributed by atoms with Gasteiger partial charge in [0.15, 0.2) is 0 Å². The van der Waals surface area contributed by atoms with E-state index in [1.54, 1.807) is 19.4 Å². The van der Waals surface area contributed by atoms with Crippen molar-refractivity contribution >= 4 is 11.9 Å². The number of hydrogen-bond donors (Lipinski definition) is 1. The van der Waals surface area contributed by atoms with Crippen molar-refractivity contribution in [1.29, 1.82) is 0 Å². The molecule has 1 aromatic rings. The van der Waals surface area contributed by atoms with E-state index >= 15 is 0 Å². The van der Waals surface area contributed by atoms with E-state index in [4.69, 9.17) is 10.5 Å². The number of carbonyl (C=O) groups is 1. The van der Waals surface area contributed by atoms with E-state index in [2.05, 4.69) is 26.7 Å². The van der Waals surface area contributed by atoms with Crippen molar-refractivity contribution in [3.05, 3.63) is 12.3 Å². The zero-order chi connectivity index (χ0) is 17.8. The lowest BCUT2D eigenvalue weighted by Crippen LogP contribution is -2.54. The number of amides is 1. The van der Waals surface area contributed by atoms with Crippen LogP contribution >= 0.6 is 0 Å². The predicted octanol–water partition coefficient (Wildman–Crippen LogP) is 1.29. The smallest absolute Gasteiger partial charge is 0.228 e. The lowest BCUT2D eigenvalue weighted by molar-refractivity contribution is -0.141. The fourth-order valence-electron chi connectivity index (χ4n) is 4.04. The highest BCUT2D eigenvalue weighted by molar-refractivity contribution is 5.79. The Balaban J connectivity index is 1.60. The molecule has 25 heavy (non-hydrogen) atoms. The molecule has 0 aromatic carbocycles. The molecule has 2 saturated heterocycles. The van der Waals surface area contributed by atoms with Crippen LogP contribution in [0.2, 0.25) is 0 Å². The molecule has 7 heteroatoms. The maximum Gasteiger partial charge on any atom is 0.228 e. The second-order valence-electron chi connectivity index (χ2n) is 7.11. The van der Waals surface area contributed by atoms with Gasteiger partial charge in [0.25, 0.3) is 0 Å². The van der Waals surface area contributed by atoms with Gasteiger partial charge in [0.2, 0.25) is 17.7 Å². The van der Waals surface area contributed by atoms with Gasteiger partial charge >= 0.3 is 0 Å². The van der Waals surface area contributed by atoms with Gasteiger partial charge in [-0.05, 0) is 31.6 Å². The molecule has 1 aromatic heterocycles. The molecule has 7 nitrogen and oxygen atoms in total. The predicted molar refractivity (Wildman–Crippen MR) is 96.5 cm³/mol. The number of nitrogens with zero attached hydrogens (tertiary/aromatic N) is 4. The summed E-state index contributed by atoms with van der Waals surface area (Å²) in [6.45, 7) is 5.20. The summed E-state index contributed by atoms with van der Waals surface area (Å²) in [6.07, 6.45) is 5.62. The Morgan fingerprint density at radius 1 is 1.32 bits per heavy atom. The fourth-order valence-corrected chi connectivity index (χ4v) is 4.04. The van der Waals surface area contributed by atoms with Crippen LogP contribution < -0.4 is 15.4 Å². The molecule has 2 aliphatic heterocycles. The van der Waals surface area contributed by atoms with Crippen molar-refractivity contribution < 1.29 is 9.53 Å². The Hall–Kier alpha value is -1.89. The number of likely N-dealkylation sites (tertiary alicyclic amines) is 1. The number of methoxy groups -OCH3 is 1. The van der Waals surface area contributed by atoms with Crippen molar-refractivity contribution in [3.63, 3.8) is 0 Å². The molecule has 0 bridgehead atoms. The summed E-state index contributed by atoms with van der Waals surface area (Å²) in [6, 6.07) is 1.94. The minimum absolute atomic E-state index is 0.0845. The lowest BCUT2D eigenvalue weighted by Gasteiger charge is -2.42. The van der Waals surface area contributed by atoms with E-state index in [0.717, 1.165) is 45.3 Å². The van der Waals surface area contributed by atoms with Crippen LogP contribution in [-0.2, 0) is 4.79 Å². The van der Waals surface area contributed by atoms with Gasteiger partial charge in [-0.15, -0.1) is 0 Å². The quantitative estimate of drug-likeness (QED) is 0.883. The molecular formula is C18H29N5O2. The first-order valence-electron chi connectivity index (χ1n) is 9.26. The molecule has 0 saturated carbocycles. The zero-order valence-corrected chi connectivity index (χ0v) is 15.2. The third-order valence-corrected chi connectivity index (χ3v) is 5.59. The summed E-state index contributed by atoms with van der Waals surface area (Å²) >= 11 is 0. The van der Waals surface area contributed by atoms with E-state index in [-0.39, 0.29) is 17.9 Å². The van der Waals surface area contributed by atoms with Crippen LogP contribution in [0, 0.1) is 11.8 Å². The van der Waals surface area contributed by atoms with Crippen molar-refractivity contribution in [2.45, 2.75) is 38.6 Å². The Kier molecular flexibility index (Phi) is 5.73. The maximum absolute atomic E-state index is 13.0. The van der Waals surface area contributed by atoms with E-state index in [1.165, 1.54) is 0 Å². The number of anilines is 1. The van der Waals surface area contributed by atoms with Crippen LogP contribution in [0.5, 0.6) is 5.88 Å². The minimum Gasteiger partial charge on any atom is -0.481 e. The first-order chi connectivity index (χ1) is 12.1. The third kappa shape index (κ3) is 3.86. The molecule has 3 heterocycles. The van der Waals surface area contributed by atoms with Gasteiger partial charge < -0.3 is 20.3 Å². The fraction of sp³-hybridized carbons (Fsp3) is 0.722. The van der Waals surface area contributed by atoms with Gasteiger partial charge in [0, 0.05) is 50.4 Å². The highest BCUT2D eigenvalue weighted by Crippen LogP contribution is 2.28. The van der Waals surface area contributed by atoms with E-state index in [0.29, 0.717) is 24.3 Å². The second kappa shape index (κ2) is 7.99. The Bertz CT molecular complexity index is 589. The monoisotopic (exact) mass is 347 g/mol. The third-order valence-electron chi connectivity index (χ3n) is 5.59. The molecule has 3 rings (SSSR count). The van der Waals surface area contributed by atoms with Crippen LogP contribution in [0.4, 0.5) is 5.95 Å². The van der Waals surface area contributed by atoms with Gasteiger partial charge in [-0.2, -0.15) is 4.98 Å². The van der Waals surface area contributed by atoms with Crippen LogP contribution in [0.1, 0.15) is 32.6 Å². The summed E-state index contributed by atoms with van der Waals surface area (Å²) < 4.78 is 5.17. The summed E-state index contributed by atoms with van der Waals surface area (Å²) in [7, 11) is 1.60. The zero-order valence-electron chi connectivity index (χ0n) is 15.2. The van der Waals surface area contributed by atoms with Crippen LogP contribution in [-0.4, -0.2) is 60.1 Å². The molecular weight excluding hydrogens is 318 g/mol. The van der Waals surface area contributed by atoms with Gasteiger partial charge in [-0.3, -0.25) is 4.79 Å². The number of aromatic nitrogens is 2. The average molecular weight is 347 g/mol. The number of piperidine rings is 2. The topological polar surface area (TPSA) is 84.6 Å². The number of nitrogens with two attached hydrogens (primary N) is 1. The molecule has 0 radical (unpaired) electrons. The molecule has 0 aliphatic carbocycles. The highest BCUT2D eigenvalue weighted by atomic mass is 16.5. The molecule has 0 spiro atoms. The Morgan fingerprint density at radius 2 is 2.08 bits per heavy atom. The minimum atomic E-state index is 0.0845. The second-order valence-corrected chi connectivity index (χ2v) is 7.11. The van der Waals surface area contributed by atoms with Gasteiger partial charge in [-0.25, -0.2) is 4.98 Å².